The number of rotatable bonds is 4. The van der Waals surface area contributed by atoms with E-state index in [9.17, 15) is 4.79 Å². The minimum Gasteiger partial charge on any atom is -0.468 e. The van der Waals surface area contributed by atoms with Crippen LogP contribution in [0.4, 0.5) is 0 Å². The molecule has 20 heavy (non-hydrogen) atoms. The van der Waals surface area contributed by atoms with Crippen LogP contribution in [0.1, 0.15) is 24.5 Å². The highest BCUT2D eigenvalue weighted by Gasteiger charge is 2.25. The lowest BCUT2D eigenvalue weighted by Crippen LogP contribution is -2.33. The third-order valence-corrected chi connectivity index (χ3v) is 3.60. The molecule has 4 heteroatoms. The largest absolute Gasteiger partial charge is 0.468 e. The number of benzene rings is 1. The summed E-state index contributed by atoms with van der Waals surface area (Å²) in [6.45, 7) is 4.21. The summed E-state index contributed by atoms with van der Waals surface area (Å²) < 4.78 is 10.3. The Morgan fingerprint density at radius 1 is 1.40 bits per heavy atom. The Hall–Kier alpha value is -1.81. The van der Waals surface area contributed by atoms with Crippen LogP contribution in [0, 0.1) is 12.8 Å². The zero-order chi connectivity index (χ0) is 14.7. The van der Waals surface area contributed by atoms with Gasteiger partial charge in [-0.05, 0) is 37.1 Å². The zero-order valence-corrected chi connectivity index (χ0v) is 12.5. The van der Waals surface area contributed by atoms with Gasteiger partial charge in [0, 0.05) is 31.3 Å². The third-order valence-electron chi connectivity index (χ3n) is 3.60. The van der Waals surface area contributed by atoms with E-state index in [1.54, 1.807) is 12.0 Å². The van der Waals surface area contributed by atoms with Crippen molar-refractivity contribution in [2.75, 3.05) is 21.0 Å². The monoisotopic (exact) mass is 275 g/mol. The number of methoxy groups -OCH3 is 1. The molecule has 0 aliphatic carbocycles. The highest BCUT2D eigenvalue weighted by molar-refractivity contribution is 5.90. The molecule has 4 nitrogen and oxygen atoms in total. The van der Waals surface area contributed by atoms with Gasteiger partial charge in [0.1, 0.15) is 5.75 Å². The topological polar surface area (TPSA) is 38.8 Å². The maximum atomic E-state index is 12.1. The number of hydrogen-bond acceptors (Lipinski definition) is 3. The molecule has 1 aromatic rings. The molecule has 1 aromatic carbocycles. The van der Waals surface area contributed by atoms with E-state index < -0.39 is 0 Å². The quantitative estimate of drug-likeness (QED) is 0.793. The van der Waals surface area contributed by atoms with Crippen LogP contribution in [-0.2, 0) is 9.53 Å². The predicted octanol–water partition coefficient (Wildman–Crippen LogP) is 2.82. The van der Waals surface area contributed by atoms with Crippen LogP contribution >= 0.6 is 0 Å². The van der Waals surface area contributed by atoms with Crippen LogP contribution < -0.4 is 4.74 Å². The third kappa shape index (κ3) is 2.85. The average Bonchev–Trinajstić information content (AvgIpc) is 2.44. The Kier molecular flexibility index (Phi) is 4.45. The first kappa shape index (κ1) is 14.6. The molecule has 1 amide bonds. The molecule has 108 valence electrons. The number of hydrogen-bond donors (Lipinski definition) is 0. The molecule has 0 radical (unpaired) electrons. The molecule has 0 bridgehead atoms. The Bertz CT molecular complexity index is 537. The molecule has 1 heterocycles. The second-order valence-corrected chi connectivity index (χ2v) is 5.15. The van der Waals surface area contributed by atoms with Gasteiger partial charge in [-0.1, -0.05) is 13.0 Å². The van der Waals surface area contributed by atoms with Gasteiger partial charge < -0.3 is 14.4 Å². The second kappa shape index (κ2) is 6.09. The number of carbonyl (C=O) groups is 1. The second-order valence-electron chi connectivity index (χ2n) is 5.15. The first-order chi connectivity index (χ1) is 9.54. The Morgan fingerprint density at radius 2 is 2.15 bits per heavy atom. The van der Waals surface area contributed by atoms with Crippen molar-refractivity contribution in [2.45, 2.75) is 20.3 Å². The fourth-order valence-electron chi connectivity index (χ4n) is 2.41. The van der Waals surface area contributed by atoms with Crippen LogP contribution in [0.5, 0.6) is 5.75 Å². The van der Waals surface area contributed by atoms with Gasteiger partial charge in [0.05, 0.1) is 0 Å². The van der Waals surface area contributed by atoms with Gasteiger partial charge in [0.2, 0.25) is 5.91 Å². The first-order valence-electron chi connectivity index (χ1n) is 6.75. The summed E-state index contributed by atoms with van der Waals surface area (Å²) in [7, 11) is 3.43. The minimum atomic E-state index is 0.0633. The molecular formula is C16H21NO3. The Morgan fingerprint density at radius 3 is 2.80 bits per heavy atom. The number of amides is 1. The number of aryl methyl sites for hydroxylation is 1. The van der Waals surface area contributed by atoms with Gasteiger partial charge in [0.15, 0.2) is 6.79 Å². The molecule has 1 atom stereocenters. The van der Waals surface area contributed by atoms with Gasteiger partial charge in [-0.2, -0.15) is 0 Å². The standard InChI is InChI=1S/C16H21NO3/c1-11-5-8-15(17(3)16(11)18)14-7-6-13(9-12(14)2)20-10-19-4/h6-9,11H,5,10H2,1-4H3. The fraction of sp³-hybridized carbons (Fsp3) is 0.438. The molecule has 0 saturated carbocycles. The van der Waals surface area contributed by atoms with E-state index in [0.29, 0.717) is 0 Å². The molecule has 0 aromatic heterocycles. The zero-order valence-electron chi connectivity index (χ0n) is 12.5. The number of allylic oxidation sites excluding steroid dienone is 1. The van der Waals surface area contributed by atoms with Crippen molar-refractivity contribution in [1.29, 1.82) is 0 Å². The fourth-order valence-corrected chi connectivity index (χ4v) is 2.41. The summed E-state index contributed by atoms with van der Waals surface area (Å²) in [5.74, 6) is 1.00. The molecule has 0 spiro atoms. The predicted molar refractivity (Wildman–Crippen MR) is 78.2 cm³/mol. The van der Waals surface area contributed by atoms with E-state index >= 15 is 0 Å². The van der Waals surface area contributed by atoms with Crippen molar-refractivity contribution in [2.24, 2.45) is 5.92 Å². The Balaban J connectivity index is 2.27. The first-order valence-corrected chi connectivity index (χ1v) is 6.75. The van der Waals surface area contributed by atoms with Crippen LogP contribution in [-0.4, -0.2) is 31.8 Å². The number of ether oxygens (including phenoxy) is 2. The van der Waals surface area contributed by atoms with Crippen molar-refractivity contribution < 1.29 is 14.3 Å². The van der Waals surface area contributed by atoms with E-state index in [-0.39, 0.29) is 18.6 Å². The normalized spacial score (nSPS) is 19.0. The van der Waals surface area contributed by atoms with Gasteiger partial charge in [-0.3, -0.25) is 4.79 Å². The summed E-state index contributed by atoms with van der Waals surface area (Å²) in [5.41, 5.74) is 3.13. The highest BCUT2D eigenvalue weighted by atomic mass is 16.7. The van der Waals surface area contributed by atoms with Crippen molar-refractivity contribution in [3.63, 3.8) is 0 Å². The van der Waals surface area contributed by atoms with Gasteiger partial charge in [0.25, 0.3) is 0 Å². The lowest BCUT2D eigenvalue weighted by molar-refractivity contribution is -0.131. The lowest BCUT2D eigenvalue weighted by Gasteiger charge is -2.29. The van der Waals surface area contributed by atoms with E-state index in [1.807, 2.05) is 39.1 Å². The van der Waals surface area contributed by atoms with Crippen LogP contribution in [0.3, 0.4) is 0 Å². The molecule has 1 aliphatic rings. The van der Waals surface area contributed by atoms with Crippen molar-refractivity contribution in [3.8, 4) is 5.75 Å². The SMILES string of the molecule is COCOc1ccc(C2=CCC(C)C(=O)N2C)c(C)c1. The van der Waals surface area contributed by atoms with Crippen molar-refractivity contribution in [3.05, 3.63) is 35.4 Å². The van der Waals surface area contributed by atoms with E-state index in [0.717, 1.165) is 29.0 Å². The van der Waals surface area contributed by atoms with Crippen LogP contribution in [0.25, 0.3) is 5.70 Å². The smallest absolute Gasteiger partial charge is 0.229 e. The van der Waals surface area contributed by atoms with Crippen molar-refractivity contribution in [1.82, 2.24) is 4.90 Å². The maximum absolute atomic E-state index is 12.1. The summed E-state index contributed by atoms with van der Waals surface area (Å²) in [4.78, 5) is 13.8. The van der Waals surface area contributed by atoms with Gasteiger partial charge >= 0.3 is 0 Å². The van der Waals surface area contributed by atoms with Crippen molar-refractivity contribution >= 4 is 11.6 Å². The number of nitrogens with zero attached hydrogens (tertiary/aromatic N) is 1. The lowest BCUT2D eigenvalue weighted by atomic mass is 9.95. The summed E-state index contributed by atoms with van der Waals surface area (Å²) in [6.07, 6.45) is 2.92. The molecule has 0 fully saturated rings. The molecule has 0 saturated heterocycles. The maximum Gasteiger partial charge on any atom is 0.229 e. The highest BCUT2D eigenvalue weighted by Crippen LogP contribution is 2.30. The molecular weight excluding hydrogens is 254 g/mol. The molecule has 1 unspecified atom stereocenters. The number of carbonyl (C=O) groups excluding carboxylic acids is 1. The molecule has 2 rings (SSSR count). The molecule has 0 N–H and O–H groups in total. The summed E-state index contributed by atoms with van der Waals surface area (Å²) >= 11 is 0. The Labute approximate surface area is 120 Å². The van der Waals surface area contributed by atoms with Gasteiger partial charge in [-0.15, -0.1) is 0 Å². The van der Waals surface area contributed by atoms with Crippen LogP contribution in [0.15, 0.2) is 24.3 Å². The van der Waals surface area contributed by atoms with Crippen LogP contribution in [0.2, 0.25) is 0 Å². The minimum absolute atomic E-state index is 0.0633. The molecule has 1 aliphatic heterocycles. The summed E-state index contributed by atoms with van der Waals surface area (Å²) in [5, 5.41) is 0. The van der Waals surface area contributed by atoms with E-state index in [4.69, 9.17) is 9.47 Å². The van der Waals surface area contributed by atoms with E-state index in [2.05, 4.69) is 6.08 Å². The average molecular weight is 275 g/mol. The van der Waals surface area contributed by atoms with Gasteiger partial charge in [-0.25, -0.2) is 0 Å². The van der Waals surface area contributed by atoms with E-state index in [1.165, 1.54) is 0 Å². The summed E-state index contributed by atoms with van der Waals surface area (Å²) in [6, 6.07) is 5.86.